The molecule has 0 aliphatic carbocycles. The van der Waals surface area contributed by atoms with Crippen molar-refractivity contribution in [3.63, 3.8) is 0 Å². The molecule has 1 aliphatic rings. The molecule has 1 saturated heterocycles. The summed E-state index contributed by atoms with van der Waals surface area (Å²) < 4.78 is 5.10. The third kappa shape index (κ3) is 1.75. The van der Waals surface area contributed by atoms with E-state index >= 15 is 0 Å². The molecule has 0 amide bonds. The Morgan fingerprint density at radius 3 is 2.80 bits per heavy atom. The number of carboxylic acid groups (broad SMARTS) is 1. The van der Waals surface area contributed by atoms with Crippen LogP contribution in [0.2, 0.25) is 0 Å². The smallest absolute Gasteiger partial charge is 0.371 e. The van der Waals surface area contributed by atoms with Gasteiger partial charge in [-0.05, 0) is 25.6 Å². The first-order chi connectivity index (χ1) is 7.01. The predicted molar refractivity (Wildman–Crippen MR) is 51.7 cm³/mol. The first kappa shape index (κ1) is 10.2. The average molecular weight is 211 g/mol. The fourth-order valence-corrected chi connectivity index (χ4v) is 1.88. The Bertz CT molecular complexity index is 387. The molecule has 2 rings (SSSR count). The normalized spacial score (nSPS) is 27.1. The highest BCUT2D eigenvalue weighted by molar-refractivity contribution is 5.84. The molecule has 2 N–H and O–H groups in total. The van der Waals surface area contributed by atoms with E-state index in [0.29, 0.717) is 18.7 Å². The van der Waals surface area contributed by atoms with Gasteiger partial charge in [-0.3, -0.25) is 0 Å². The predicted octanol–water partition coefficient (Wildman–Crippen LogP) is 0.501. The van der Waals surface area contributed by atoms with Crippen molar-refractivity contribution in [1.82, 2.24) is 4.90 Å². The van der Waals surface area contributed by atoms with Gasteiger partial charge in [0.15, 0.2) is 0 Å². The molecule has 5 nitrogen and oxygen atoms in total. The summed E-state index contributed by atoms with van der Waals surface area (Å²) in [5, 5.41) is 18.9. The molecule has 2 heterocycles. The lowest BCUT2D eigenvalue weighted by Crippen LogP contribution is -2.28. The first-order valence-electron chi connectivity index (χ1n) is 4.76. The molecule has 0 bridgehead atoms. The van der Waals surface area contributed by atoms with Crippen molar-refractivity contribution < 1.29 is 19.4 Å². The fourth-order valence-electron chi connectivity index (χ4n) is 1.88. The van der Waals surface area contributed by atoms with Gasteiger partial charge in [0.05, 0.1) is 0 Å². The van der Waals surface area contributed by atoms with E-state index in [1.807, 2.05) is 11.9 Å². The Kier molecular flexibility index (Phi) is 2.28. The second-order valence-electron chi connectivity index (χ2n) is 3.99. The van der Waals surface area contributed by atoms with Crippen LogP contribution in [-0.2, 0) is 5.60 Å². The Morgan fingerprint density at radius 1 is 1.60 bits per heavy atom. The minimum Gasteiger partial charge on any atom is -0.475 e. The summed E-state index contributed by atoms with van der Waals surface area (Å²) in [6.45, 7) is 1.25. The molecule has 1 atom stereocenters. The minimum atomic E-state index is -1.11. The van der Waals surface area contributed by atoms with Crippen molar-refractivity contribution in [3.8, 4) is 0 Å². The van der Waals surface area contributed by atoms with Gasteiger partial charge in [-0.2, -0.15) is 0 Å². The SMILES string of the molecule is CN1CCC(O)(c2ccc(C(=O)O)o2)C1. The van der Waals surface area contributed by atoms with Crippen LogP contribution in [0.3, 0.4) is 0 Å². The molecule has 1 unspecified atom stereocenters. The van der Waals surface area contributed by atoms with Crippen LogP contribution in [0.1, 0.15) is 22.7 Å². The number of rotatable bonds is 2. The molecule has 1 aromatic rings. The maximum Gasteiger partial charge on any atom is 0.371 e. The molecule has 82 valence electrons. The van der Waals surface area contributed by atoms with Gasteiger partial charge in [0.25, 0.3) is 0 Å². The summed E-state index contributed by atoms with van der Waals surface area (Å²) in [5.41, 5.74) is -1.04. The fraction of sp³-hybridized carbons (Fsp3) is 0.500. The van der Waals surface area contributed by atoms with Gasteiger partial charge in [-0.25, -0.2) is 4.79 Å². The molecule has 15 heavy (non-hydrogen) atoms. The van der Waals surface area contributed by atoms with Crippen molar-refractivity contribution >= 4 is 5.97 Å². The number of likely N-dealkylation sites (N-methyl/N-ethyl adjacent to an activating group) is 1. The molecule has 1 fully saturated rings. The Balaban J connectivity index is 2.25. The van der Waals surface area contributed by atoms with Gasteiger partial charge in [0, 0.05) is 13.1 Å². The van der Waals surface area contributed by atoms with Gasteiger partial charge in [-0.15, -0.1) is 0 Å². The summed E-state index contributed by atoms with van der Waals surface area (Å²) in [5.74, 6) is -0.909. The van der Waals surface area contributed by atoms with Gasteiger partial charge >= 0.3 is 5.97 Å². The molecular weight excluding hydrogens is 198 g/mol. The lowest BCUT2D eigenvalue weighted by Gasteiger charge is -2.19. The number of aromatic carboxylic acids is 1. The zero-order chi connectivity index (χ0) is 11.1. The topological polar surface area (TPSA) is 73.9 Å². The van der Waals surface area contributed by atoms with Gasteiger partial charge in [-0.1, -0.05) is 0 Å². The second-order valence-corrected chi connectivity index (χ2v) is 3.99. The minimum absolute atomic E-state index is 0.132. The first-order valence-corrected chi connectivity index (χ1v) is 4.76. The van der Waals surface area contributed by atoms with Crippen molar-refractivity contribution in [2.75, 3.05) is 20.1 Å². The molecule has 0 saturated carbocycles. The largest absolute Gasteiger partial charge is 0.475 e. The van der Waals surface area contributed by atoms with E-state index in [-0.39, 0.29) is 5.76 Å². The maximum atomic E-state index is 10.6. The Morgan fingerprint density at radius 2 is 2.33 bits per heavy atom. The summed E-state index contributed by atoms with van der Waals surface area (Å²) in [6, 6.07) is 2.90. The Labute approximate surface area is 86.9 Å². The highest BCUT2D eigenvalue weighted by Crippen LogP contribution is 2.32. The van der Waals surface area contributed by atoms with Crippen molar-refractivity contribution in [1.29, 1.82) is 0 Å². The molecule has 1 aromatic heterocycles. The number of hydrogen-bond acceptors (Lipinski definition) is 4. The molecule has 1 aliphatic heterocycles. The van der Waals surface area contributed by atoms with Gasteiger partial charge in [0.1, 0.15) is 11.4 Å². The Hall–Kier alpha value is -1.33. The van der Waals surface area contributed by atoms with Crippen LogP contribution >= 0.6 is 0 Å². The number of hydrogen-bond donors (Lipinski definition) is 2. The van der Waals surface area contributed by atoms with Crippen LogP contribution in [0.5, 0.6) is 0 Å². The lowest BCUT2D eigenvalue weighted by molar-refractivity contribution is 0.0245. The van der Waals surface area contributed by atoms with Crippen LogP contribution in [0.25, 0.3) is 0 Å². The number of nitrogens with zero attached hydrogens (tertiary/aromatic N) is 1. The second kappa shape index (κ2) is 3.36. The van der Waals surface area contributed by atoms with E-state index in [9.17, 15) is 9.90 Å². The maximum absolute atomic E-state index is 10.6. The molecule has 5 heteroatoms. The van der Waals surface area contributed by atoms with E-state index in [4.69, 9.17) is 9.52 Å². The third-order valence-electron chi connectivity index (χ3n) is 2.71. The van der Waals surface area contributed by atoms with E-state index in [1.165, 1.54) is 12.1 Å². The summed E-state index contributed by atoms with van der Waals surface area (Å²) in [7, 11) is 1.90. The van der Waals surface area contributed by atoms with Crippen LogP contribution < -0.4 is 0 Å². The van der Waals surface area contributed by atoms with E-state index in [0.717, 1.165) is 6.54 Å². The van der Waals surface area contributed by atoms with Crippen LogP contribution in [0, 0.1) is 0 Å². The molecule has 0 aromatic carbocycles. The number of β-amino-alcohol motifs (C(OH)–C–C–N with tert-alkyl or cyclic N) is 1. The summed E-state index contributed by atoms with van der Waals surface area (Å²) >= 11 is 0. The quantitative estimate of drug-likeness (QED) is 0.745. The number of furan rings is 1. The lowest BCUT2D eigenvalue weighted by atomic mass is 10.0. The van der Waals surface area contributed by atoms with Gasteiger partial charge in [0.2, 0.25) is 5.76 Å². The van der Waals surface area contributed by atoms with Crippen molar-refractivity contribution in [3.05, 3.63) is 23.7 Å². The summed E-state index contributed by atoms with van der Waals surface area (Å²) in [6.07, 6.45) is 0.566. The number of carbonyl (C=O) groups is 1. The van der Waals surface area contributed by atoms with Crippen LogP contribution in [0.4, 0.5) is 0 Å². The number of aliphatic hydroxyl groups is 1. The third-order valence-corrected chi connectivity index (χ3v) is 2.71. The highest BCUT2D eigenvalue weighted by Gasteiger charge is 2.39. The van der Waals surface area contributed by atoms with E-state index < -0.39 is 11.6 Å². The average Bonchev–Trinajstić information content (AvgIpc) is 2.73. The van der Waals surface area contributed by atoms with Crippen LogP contribution in [-0.4, -0.2) is 41.2 Å². The molecule has 0 radical (unpaired) electrons. The highest BCUT2D eigenvalue weighted by atomic mass is 16.4. The zero-order valence-corrected chi connectivity index (χ0v) is 8.43. The standard InChI is InChI=1S/C10H13NO4/c1-11-5-4-10(14,6-11)8-3-2-7(15-8)9(12)13/h2-3,14H,4-6H2,1H3,(H,12,13). The number of carboxylic acids is 1. The number of likely N-dealkylation sites (tertiary alicyclic amines) is 1. The van der Waals surface area contributed by atoms with Crippen LogP contribution in [0.15, 0.2) is 16.5 Å². The molecule has 0 spiro atoms. The van der Waals surface area contributed by atoms with E-state index in [2.05, 4.69) is 0 Å². The van der Waals surface area contributed by atoms with Crippen molar-refractivity contribution in [2.45, 2.75) is 12.0 Å². The summed E-state index contributed by atoms with van der Waals surface area (Å²) in [4.78, 5) is 12.6. The zero-order valence-electron chi connectivity index (χ0n) is 8.43. The molecular formula is C10H13NO4. The van der Waals surface area contributed by atoms with Gasteiger partial charge < -0.3 is 19.5 Å². The van der Waals surface area contributed by atoms with E-state index in [1.54, 1.807) is 0 Å². The monoisotopic (exact) mass is 211 g/mol. The van der Waals surface area contributed by atoms with Crippen molar-refractivity contribution in [2.24, 2.45) is 0 Å².